The van der Waals surface area contributed by atoms with Gasteiger partial charge in [-0.05, 0) is 122 Å². The Morgan fingerprint density at radius 2 is 1.06 bits per heavy atom. The minimum atomic E-state index is -0.123. The van der Waals surface area contributed by atoms with Crippen LogP contribution in [0.4, 0.5) is 22.7 Å². The topological polar surface area (TPSA) is 6.48 Å². The van der Waals surface area contributed by atoms with Gasteiger partial charge in [-0.2, -0.15) is 0 Å². The maximum absolute atomic E-state index is 2.61. The van der Waals surface area contributed by atoms with Crippen LogP contribution in [-0.4, -0.2) is 6.54 Å². The lowest BCUT2D eigenvalue weighted by Gasteiger charge is -2.42. The second-order valence-corrected chi connectivity index (χ2v) is 19.1. The lowest BCUT2D eigenvalue weighted by molar-refractivity contribution is 0.632. The maximum Gasteiger partial charge on any atom is 0.0619 e. The van der Waals surface area contributed by atoms with E-state index in [4.69, 9.17) is 0 Å². The number of fused-ring (bicyclic) bond motifs is 7. The average molecular weight is 813 g/mol. The van der Waals surface area contributed by atoms with Crippen LogP contribution in [0.15, 0.2) is 181 Å². The monoisotopic (exact) mass is 812 g/mol. The van der Waals surface area contributed by atoms with Crippen LogP contribution >= 0.6 is 0 Å². The smallest absolute Gasteiger partial charge is 0.0619 e. The van der Waals surface area contributed by atoms with E-state index in [9.17, 15) is 0 Å². The number of anilines is 4. The molecule has 0 atom stereocenters. The van der Waals surface area contributed by atoms with Crippen molar-refractivity contribution < 1.29 is 0 Å². The Kier molecular flexibility index (Phi) is 8.60. The van der Waals surface area contributed by atoms with Crippen LogP contribution in [0.25, 0.3) is 56.0 Å². The summed E-state index contributed by atoms with van der Waals surface area (Å²) in [5.74, 6) is 0. The van der Waals surface area contributed by atoms with Gasteiger partial charge in [-0.1, -0.05) is 185 Å². The standard InChI is InChI=1S/C61H52N2/c1-60(2)51-22-10-13-25-56(51)63(57-26-14-11-23-52(57)60)59-49-20-8-6-18-47(49)58(48-19-7-9-21-50(48)59)43-32-29-40(30-33-43)27-28-41-31-35-45-46-36-34-44(39-54(46)61(3,4)53(45)38-41)62-37-15-17-42-16-5-12-24-55(42)62/h5-11,13-14,16,18-23,25-36,38-39H,12,15,17,24,37H2,1-4H3/b28-27+. The summed E-state index contributed by atoms with van der Waals surface area (Å²) in [5.41, 5.74) is 21.1. The zero-order valence-corrected chi connectivity index (χ0v) is 36.8. The molecule has 0 saturated heterocycles. The Morgan fingerprint density at radius 1 is 0.508 bits per heavy atom. The van der Waals surface area contributed by atoms with Gasteiger partial charge in [0.25, 0.3) is 0 Å². The molecular formula is C61H52N2. The highest BCUT2D eigenvalue weighted by molar-refractivity contribution is 6.22. The first kappa shape index (κ1) is 37.8. The highest BCUT2D eigenvalue weighted by atomic mass is 15.2. The molecule has 12 rings (SSSR count). The van der Waals surface area contributed by atoms with E-state index < -0.39 is 0 Å². The van der Waals surface area contributed by atoms with Gasteiger partial charge in [-0.15, -0.1) is 0 Å². The molecule has 0 aromatic heterocycles. The fourth-order valence-electron chi connectivity index (χ4n) is 11.6. The quantitative estimate of drug-likeness (QED) is 0.126. The summed E-state index contributed by atoms with van der Waals surface area (Å²) >= 11 is 0. The van der Waals surface area contributed by atoms with Crippen LogP contribution in [0.3, 0.4) is 0 Å². The van der Waals surface area contributed by atoms with Gasteiger partial charge in [0.2, 0.25) is 0 Å². The van der Waals surface area contributed by atoms with E-state index in [-0.39, 0.29) is 10.8 Å². The molecule has 0 saturated carbocycles. The van der Waals surface area contributed by atoms with E-state index in [0.29, 0.717) is 0 Å². The van der Waals surface area contributed by atoms with Crippen molar-refractivity contribution in [3.8, 4) is 22.3 Å². The first-order valence-electron chi connectivity index (χ1n) is 22.9. The lowest BCUT2D eigenvalue weighted by atomic mass is 9.73. The van der Waals surface area contributed by atoms with E-state index in [1.54, 1.807) is 0 Å². The van der Waals surface area contributed by atoms with E-state index in [1.807, 2.05) is 0 Å². The van der Waals surface area contributed by atoms with Gasteiger partial charge in [0.05, 0.1) is 17.1 Å². The fourth-order valence-corrected chi connectivity index (χ4v) is 11.6. The van der Waals surface area contributed by atoms with Crippen LogP contribution < -0.4 is 9.80 Å². The van der Waals surface area contributed by atoms with Crippen molar-refractivity contribution in [3.05, 3.63) is 215 Å². The molecule has 8 aromatic carbocycles. The number of para-hydroxylation sites is 2. The molecule has 2 heterocycles. The normalized spacial score (nSPS) is 16.9. The number of hydrogen-bond donors (Lipinski definition) is 0. The zero-order valence-electron chi connectivity index (χ0n) is 36.8. The van der Waals surface area contributed by atoms with Crippen LogP contribution in [-0.2, 0) is 10.8 Å². The van der Waals surface area contributed by atoms with Crippen LogP contribution in [0.2, 0.25) is 0 Å². The first-order chi connectivity index (χ1) is 30.8. The van der Waals surface area contributed by atoms with Gasteiger partial charge in [-0.25, -0.2) is 0 Å². The van der Waals surface area contributed by atoms with Crippen molar-refractivity contribution in [1.29, 1.82) is 0 Å². The van der Waals surface area contributed by atoms with E-state index in [2.05, 4.69) is 220 Å². The van der Waals surface area contributed by atoms with Crippen molar-refractivity contribution in [2.45, 2.75) is 64.2 Å². The Hall–Kier alpha value is -6.90. The third-order valence-electron chi connectivity index (χ3n) is 14.8. The van der Waals surface area contributed by atoms with Gasteiger partial charge >= 0.3 is 0 Å². The van der Waals surface area contributed by atoms with Gasteiger partial charge in [-0.3, -0.25) is 0 Å². The van der Waals surface area contributed by atoms with Crippen LogP contribution in [0.5, 0.6) is 0 Å². The fraction of sp³-hybridized carbons (Fsp3) is 0.180. The van der Waals surface area contributed by atoms with Crippen molar-refractivity contribution >= 4 is 56.4 Å². The molecule has 0 amide bonds. The molecule has 0 fully saturated rings. The highest BCUT2D eigenvalue weighted by Crippen LogP contribution is 2.56. The van der Waals surface area contributed by atoms with Crippen LogP contribution in [0, 0.1) is 0 Å². The molecule has 63 heavy (non-hydrogen) atoms. The lowest BCUT2D eigenvalue weighted by Crippen LogP contribution is -2.30. The molecule has 306 valence electrons. The second-order valence-electron chi connectivity index (χ2n) is 19.1. The number of allylic oxidation sites excluding steroid dienone is 4. The van der Waals surface area contributed by atoms with Crippen LogP contribution in [0.1, 0.15) is 86.8 Å². The SMILES string of the molecule is CC1(C)c2cc(/C=C/c3ccc(-c4c5ccccc5c(N5c6ccccc6C(C)(C)c6ccccc65)c5ccccc45)cc3)ccc2-c2ccc(N3CCCC4=C3CCC=C4)cc21. The number of hydrogen-bond acceptors (Lipinski definition) is 2. The summed E-state index contributed by atoms with van der Waals surface area (Å²) < 4.78 is 0. The Balaban J connectivity index is 0.884. The number of benzene rings is 8. The predicted molar refractivity (Wildman–Crippen MR) is 269 cm³/mol. The minimum absolute atomic E-state index is 0.0793. The van der Waals surface area contributed by atoms with E-state index >= 15 is 0 Å². The summed E-state index contributed by atoms with van der Waals surface area (Å²) in [5, 5.41) is 5.01. The summed E-state index contributed by atoms with van der Waals surface area (Å²) in [7, 11) is 0. The van der Waals surface area contributed by atoms with Crippen molar-refractivity contribution in [2.24, 2.45) is 0 Å². The summed E-state index contributed by atoms with van der Waals surface area (Å²) in [6.45, 7) is 10.6. The van der Waals surface area contributed by atoms with Gasteiger partial charge in [0.1, 0.15) is 0 Å². The molecule has 2 heteroatoms. The molecular weight excluding hydrogens is 761 g/mol. The molecule has 0 N–H and O–H groups in total. The van der Waals surface area contributed by atoms with Crippen molar-refractivity contribution in [1.82, 2.24) is 0 Å². The third-order valence-corrected chi connectivity index (χ3v) is 14.8. The Morgan fingerprint density at radius 3 is 1.75 bits per heavy atom. The third kappa shape index (κ3) is 5.84. The molecule has 0 bridgehead atoms. The molecule has 0 unspecified atom stereocenters. The summed E-state index contributed by atoms with van der Waals surface area (Å²) in [6, 6.07) is 59.4. The highest BCUT2D eigenvalue weighted by Gasteiger charge is 2.39. The molecule has 2 nitrogen and oxygen atoms in total. The van der Waals surface area contributed by atoms with Gasteiger partial charge in [0.15, 0.2) is 0 Å². The molecule has 4 aliphatic rings. The Labute approximate surface area is 372 Å². The summed E-state index contributed by atoms with van der Waals surface area (Å²) in [6.07, 6.45) is 14.0. The molecule has 0 spiro atoms. The van der Waals surface area contributed by atoms with E-state index in [1.165, 1.54) is 124 Å². The van der Waals surface area contributed by atoms with Crippen molar-refractivity contribution in [2.75, 3.05) is 16.3 Å². The maximum atomic E-state index is 2.61. The molecule has 2 aliphatic heterocycles. The van der Waals surface area contributed by atoms with Crippen molar-refractivity contribution in [3.63, 3.8) is 0 Å². The van der Waals surface area contributed by atoms with E-state index in [0.717, 1.165) is 19.4 Å². The minimum Gasteiger partial charge on any atom is -0.345 e. The number of nitrogens with zero attached hydrogens (tertiary/aromatic N) is 2. The Bertz CT molecular complexity index is 3160. The number of rotatable bonds is 5. The second kappa shape index (κ2) is 14.3. The zero-order chi connectivity index (χ0) is 42.5. The average Bonchev–Trinajstić information content (AvgIpc) is 3.55. The van der Waals surface area contributed by atoms with Gasteiger partial charge < -0.3 is 9.80 Å². The first-order valence-corrected chi connectivity index (χ1v) is 22.9. The predicted octanol–water partition coefficient (Wildman–Crippen LogP) is 16.5. The molecule has 8 aromatic rings. The largest absolute Gasteiger partial charge is 0.345 e. The summed E-state index contributed by atoms with van der Waals surface area (Å²) in [4.78, 5) is 5.14. The van der Waals surface area contributed by atoms with Gasteiger partial charge in [0, 0.05) is 39.5 Å². The molecule has 0 radical (unpaired) electrons. The molecule has 2 aliphatic carbocycles.